The summed E-state index contributed by atoms with van der Waals surface area (Å²) in [7, 11) is 0. The molecule has 144 valence electrons. The Morgan fingerprint density at radius 2 is 1.93 bits per heavy atom. The van der Waals surface area contributed by atoms with E-state index in [1.165, 1.54) is 23.9 Å². The maximum atomic E-state index is 12.3. The molecule has 0 saturated carbocycles. The van der Waals surface area contributed by atoms with Gasteiger partial charge in [0.2, 0.25) is 5.91 Å². The van der Waals surface area contributed by atoms with Crippen molar-refractivity contribution in [2.45, 2.75) is 23.5 Å². The molecule has 1 N–H and O–H groups in total. The average Bonchev–Trinajstić information content (AvgIpc) is 3.23. The zero-order valence-corrected chi connectivity index (χ0v) is 16.1. The number of nitrogens with zero attached hydrogens (tertiary/aromatic N) is 3. The van der Waals surface area contributed by atoms with Crippen molar-refractivity contribution >= 4 is 23.4 Å². The lowest BCUT2D eigenvalue weighted by molar-refractivity contribution is -0.384. The number of benzene rings is 2. The Morgan fingerprint density at radius 3 is 2.54 bits per heavy atom. The van der Waals surface area contributed by atoms with Gasteiger partial charge in [0.05, 0.1) is 15.9 Å². The van der Waals surface area contributed by atoms with Crippen LogP contribution < -0.4 is 5.32 Å². The van der Waals surface area contributed by atoms with Crippen LogP contribution in [0.4, 0.5) is 5.69 Å². The first-order chi connectivity index (χ1) is 13.5. The first-order valence-corrected chi connectivity index (χ1v) is 9.68. The summed E-state index contributed by atoms with van der Waals surface area (Å²) in [5, 5.41) is 17.5. The van der Waals surface area contributed by atoms with Crippen molar-refractivity contribution in [3.05, 3.63) is 82.7 Å². The Balaban J connectivity index is 1.45. The highest BCUT2D eigenvalue weighted by molar-refractivity contribution is 8.00. The van der Waals surface area contributed by atoms with Crippen LogP contribution in [0.3, 0.4) is 0 Å². The molecular formula is C20H20N4O3S. The van der Waals surface area contributed by atoms with Crippen LogP contribution in [0.15, 0.2) is 71.9 Å². The molecule has 0 aliphatic rings. The maximum Gasteiger partial charge on any atom is 0.269 e. The molecule has 8 heteroatoms. The Kier molecular flexibility index (Phi) is 6.44. The van der Waals surface area contributed by atoms with Gasteiger partial charge in [-0.1, -0.05) is 12.1 Å². The topological polar surface area (TPSA) is 90.1 Å². The minimum atomic E-state index is -0.438. The van der Waals surface area contributed by atoms with E-state index < -0.39 is 4.92 Å². The summed E-state index contributed by atoms with van der Waals surface area (Å²) in [4.78, 5) is 23.3. The second kappa shape index (κ2) is 9.18. The first kappa shape index (κ1) is 19.6. The number of thioether (sulfide) groups is 1. The number of amides is 1. The molecule has 0 saturated heterocycles. The molecular weight excluding hydrogens is 376 g/mol. The summed E-state index contributed by atoms with van der Waals surface area (Å²) < 4.78 is 1.79. The molecule has 28 heavy (non-hydrogen) atoms. The van der Waals surface area contributed by atoms with Crippen molar-refractivity contribution < 1.29 is 9.72 Å². The van der Waals surface area contributed by atoms with Gasteiger partial charge in [0, 0.05) is 36.0 Å². The van der Waals surface area contributed by atoms with E-state index >= 15 is 0 Å². The summed E-state index contributed by atoms with van der Waals surface area (Å²) in [5.74, 6) is -0.0588. The molecule has 1 aromatic heterocycles. The molecule has 0 bridgehead atoms. The molecule has 0 spiro atoms. The van der Waals surface area contributed by atoms with Gasteiger partial charge in [-0.2, -0.15) is 5.10 Å². The average molecular weight is 396 g/mol. The Morgan fingerprint density at radius 1 is 1.21 bits per heavy atom. The molecule has 0 aliphatic heterocycles. The molecule has 0 aliphatic carbocycles. The van der Waals surface area contributed by atoms with E-state index in [1.54, 1.807) is 23.0 Å². The smallest absolute Gasteiger partial charge is 0.269 e. The highest BCUT2D eigenvalue weighted by atomic mass is 32.2. The van der Waals surface area contributed by atoms with Gasteiger partial charge in [-0.05, 0) is 49.2 Å². The predicted octanol–water partition coefficient (Wildman–Crippen LogP) is 3.62. The lowest BCUT2D eigenvalue weighted by Gasteiger charge is -2.12. The van der Waals surface area contributed by atoms with Gasteiger partial charge >= 0.3 is 0 Å². The SMILES string of the molecule is CC(Sc1ccc([N+](=O)[O-])cc1)C(=O)NCCc1ccc(-n2cccn2)cc1. The minimum Gasteiger partial charge on any atom is -0.355 e. The number of hydrogen-bond donors (Lipinski definition) is 1. The number of nitro groups is 1. The number of carbonyl (C=O) groups is 1. The lowest BCUT2D eigenvalue weighted by Crippen LogP contribution is -2.32. The summed E-state index contributed by atoms with van der Waals surface area (Å²) in [5.41, 5.74) is 2.16. The van der Waals surface area contributed by atoms with Crippen LogP contribution >= 0.6 is 11.8 Å². The Hall–Kier alpha value is -3.13. The molecule has 1 atom stereocenters. The normalized spacial score (nSPS) is 11.8. The van der Waals surface area contributed by atoms with Gasteiger partial charge in [0.1, 0.15) is 0 Å². The number of non-ortho nitro benzene ring substituents is 1. The molecule has 0 fully saturated rings. The quantitative estimate of drug-likeness (QED) is 0.357. The molecule has 7 nitrogen and oxygen atoms in total. The minimum absolute atomic E-state index is 0.0417. The van der Waals surface area contributed by atoms with Crippen molar-refractivity contribution in [1.29, 1.82) is 0 Å². The number of rotatable bonds is 8. The number of carbonyl (C=O) groups excluding carboxylic acids is 1. The van der Waals surface area contributed by atoms with Crippen LogP contribution in [-0.4, -0.2) is 32.4 Å². The largest absolute Gasteiger partial charge is 0.355 e. The third-order valence-electron chi connectivity index (χ3n) is 4.15. The second-order valence-corrected chi connectivity index (χ2v) is 7.58. The molecule has 1 heterocycles. The van der Waals surface area contributed by atoms with Gasteiger partial charge in [0.15, 0.2) is 0 Å². The van der Waals surface area contributed by atoms with Gasteiger partial charge in [-0.15, -0.1) is 11.8 Å². The summed E-state index contributed by atoms with van der Waals surface area (Å²) in [6, 6.07) is 16.1. The summed E-state index contributed by atoms with van der Waals surface area (Å²) in [6.07, 6.45) is 4.36. The fraction of sp³-hybridized carbons (Fsp3) is 0.200. The zero-order valence-electron chi connectivity index (χ0n) is 15.3. The van der Waals surface area contributed by atoms with E-state index in [-0.39, 0.29) is 16.8 Å². The highest BCUT2D eigenvalue weighted by Crippen LogP contribution is 2.25. The molecule has 3 rings (SSSR count). The lowest BCUT2D eigenvalue weighted by atomic mass is 10.1. The Labute approximate surface area is 166 Å². The van der Waals surface area contributed by atoms with Crippen molar-refractivity contribution in [2.75, 3.05) is 6.54 Å². The van der Waals surface area contributed by atoms with Crippen molar-refractivity contribution in [2.24, 2.45) is 0 Å². The molecule has 2 aromatic carbocycles. The summed E-state index contributed by atoms with van der Waals surface area (Å²) in [6.45, 7) is 2.37. The van der Waals surface area contributed by atoms with Gasteiger partial charge in [0.25, 0.3) is 5.69 Å². The molecule has 3 aromatic rings. The van der Waals surface area contributed by atoms with Crippen molar-refractivity contribution in [1.82, 2.24) is 15.1 Å². The predicted molar refractivity (Wildman–Crippen MR) is 109 cm³/mol. The zero-order chi connectivity index (χ0) is 19.9. The number of nitrogens with one attached hydrogen (secondary N) is 1. The van der Waals surface area contributed by atoms with E-state index in [9.17, 15) is 14.9 Å². The standard InChI is InChI=1S/C20H20N4O3S/c1-15(28-19-9-7-18(8-10-19)24(26)27)20(25)21-13-11-16-3-5-17(6-4-16)23-14-2-12-22-23/h2-10,12,14-15H,11,13H2,1H3,(H,21,25). The highest BCUT2D eigenvalue weighted by Gasteiger charge is 2.14. The van der Waals surface area contributed by atoms with Crippen LogP contribution in [0.2, 0.25) is 0 Å². The number of hydrogen-bond acceptors (Lipinski definition) is 5. The van der Waals surface area contributed by atoms with Crippen LogP contribution in [0.5, 0.6) is 0 Å². The monoisotopic (exact) mass is 396 g/mol. The second-order valence-electron chi connectivity index (χ2n) is 6.17. The van der Waals surface area contributed by atoms with E-state index in [0.717, 1.165) is 22.6 Å². The van der Waals surface area contributed by atoms with Crippen molar-refractivity contribution in [3.8, 4) is 5.69 Å². The fourth-order valence-electron chi connectivity index (χ4n) is 2.61. The van der Waals surface area contributed by atoms with Gasteiger partial charge < -0.3 is 5.32 Å². The molecule has 1 unspecified atom stereocenters. The third kappa shape index (κ3) is 5.20. The number of nitro benzene ring substituents is 1. The van der Waals surface area contributed by atoms with E-state index in [1.807, 2.05) is 43.5 Å². The van der Waals surface area contributed by atoms with Gasteiger partial charge in [-0.25, -0.2) is 4.68 Å². The van der Waals surface area contributed by atoms with E-state index in [2.05, 4.69) is 10.4 Å². The molecule has 1 amide bonds. The van der Waals surface area contributed by atoms with Crippen LogP contribution in [0, 0.1) is 10.1 Å². The van der Waals surface area contributed by atoms with E-state index in [4.69, 9.17) is 0 Å². The van der Waals surface area contributed by atoms with Crippen LogP contribution in [0.1, 0.15) is 12.5 Å². The maximum absolute atomic E-state index is 12.3. The summed E-state index contributed by atoms with van der Waals surface area (Å²) >= 11 is 1.37. The van der Waals surface area contributed by atoms with Gasteiger partial charge in [-0.3, -0.25) is 14.9 Å². The van der Waals surface area contributed by atoms with E-state index in [0.29, 0.717) is 6.54 Å². The fourth-order valence-corrected chi connectivity index (χ4v) is 3.51. The molecule has 0 radical (unpaired) electrons. The van der Waals surface area contributed by atoms with Crippen LogP contribution in [0.25, 0.3) is 5.69 Å². The van der Waals surface area contributed by atoms with Crippen molar-refractivity contribution in [3.63, 3.8) is 0 Å². The van der Waals surface area contributed by atoms with Crippen LogP contribution in [-0.2, 0) is 11.2 Å². The third-order valence-corrected chi connectivity index (χ3v) is 5.26. The first-order valence-electron chi connectivity index (χ1n) is 8.81. The Bertz CT molecular complexity index is 925. The number of aromatic nitrogens is 2.